The van der Waals surface area contributed by atoms with E-state index in [1.54, 1.807) is 11.3 Å². The van der Waals surface area contributed by atoms with Crippen LogP contribution in [0.15, 0.2) is 53.6 Å². The van der Waals surface area contributed by atoms with Gasteiger partial charge in [0.05, 0.1) is 29.0 Å². The molecule has 146 valence electrons. The Bertz CT molecular complexity index is 1520. The predicted molar refractivity (Wildman–Crippen MR) is 119 cm³/mol. The Kier molecular flexibility index (Phi) is 3.63. The molecule has 0 radical (unpaired) electrons. The smallest absolute Gasteiger partial charge is 0.181 e. The van der Waals surface area contributed by atoms with Gasteiger partial charge in [0.15, 0.2) is 5.65 Å². The van der Waals surface area contributed by atoms with E-state index in [2.05, 4.69) is 63.7 Å². The minimum absolute atomic E-state index is 0.683. The molecule has 0 aliphatic carbocycles. The summed E-state index contributed by atoms with van der Waals surface area (Å²) in [4.78, 5) is 17.1. The van der Waals surface area contributed by atoms with E-state index in [1.807, 2.05) is 38.6 Å². The van der Waals surface area contributed by atoms with Crippen molar-refractivity contribution in [1.82, 2.24) is 34.7 Å². The summed E-state index contributed by atoms with van der Waals surface area (Å²) in [7, 11) is 2.01. The van der Waals surface area contributed by atoms with Gasteiger partial charge in [-0.3, -0.25) is 10.1 Å². The number of hydrogen-bond acceptors (Lipinski definition) is 5. The Morgan fingerprint density at radius 1 is 1.00 bits per heavy atom. The first-order valence-electron chi connectivity index (χ1n) is 9.52. The molecule has 0 bridgehead atoms. The molecule has 7 nitrogen and oxygen atoms in total. The minimum atomic E-state index is 0.683. The molecule has 0 spiro atoms. The molecule has 8 heteroatoms. The summed E-state index contributed by atoms with van der Waals surface area (Å²) in [6.07, 6.45) is 5.55. The number of thiophene rings is 1. The molecule has 6 heterocycles. The zero-order valence-corrected chi connectivity index (χ0v) is 17.2. The van der Waals surface area contributed by atoms with Gasteiger partial charge in [0.25, 0.3) is 0 Å². The molecule has 0 amide bonds. The molecular weight excluding hydrogens is 394 g/mol. The van der Waals surface area contributed by atoms with Gasteiger partial charge in [0.1, 0.15) is 5.82 Å². The Labute approximate surface area is 175 Å². The lowest BCUT2D eigenvalue weighted by atomic mass is 10.1. The summed E-state index contributed by atoms with van der Waals surface area (Å²) in [6, 6.07) is 8.33. The van der Waals surface area contributed by atoms with Crippen LogP contribution in [0.1, 0.15) is 5.82 Å². The third kappa shape index (κ3) is 2.50. The van der Waals surface area contributed by atoms with Gasteiger partial charge in [-0.15, -0.1) is 0 Å². The van der Waals surface area contributed by atoms with E-state index in [0.717, 1.165) is 56.0 Å². The second kappa shape index (κ2) is 6.36. The van der Waals surface area contributed by atoms with Crippen LogP contribution in [0.4, 0.5) is 0 Å². The molecule has 0 saturated heterocycles. The van der Waals surface area contributed by atoms with Crippen LogP contribution in [-0.4, -0.2) is 34.7 Å². The average Bonchev–Trinajstić information content (AvgIpc) is 3.54. The average molecular weight is 411 g/mol. The molecule has 0 fully saturated rings. The van der Waals surface area contributed by atoms with E-state index in [9.17, 15) is 0 Å². The molecular formula is C22H17N7S. The number of nitrogens with one attached hydrogen (secondary N) is 2. The van der Waals surface area contributed by atoms with Gasteiger partial charge in [-0.1, -0.05) is 0 Å². The molecule has 2 N–H and O–H groups in total. The van der Waals surface area contributed by atoms with E-state index < -0.39 is 0 Å². The highest BCUT2D eigenvalue weighted by molar-refractivity contribution is 7.08. The molecule has 0 aliphatic rings. The summed E-state index contributed by atoms with van der Waals surface area (Å²) in [5, 5.41) is 13.8. The van der Waals surface area contributed by atoms with Crippen LogP contribution < -0.4 is 0 Å². The molecule has 30 heavy (non-hydrogen) atoms. The standard InChI is InChI=1S/C22H17N7S/c1-12-24-10-19(29(12)2)14-7-16-21(27-28-22(16)25-9-14)18-8-15-17(26-18)3-5-23-20(15)13-4-6-30-11-13/h3-11,26H,1-2H3,(H,25,27,28). The van der Waals surface area contributed by atoms with Crippen molar-refractivity contribution >= 4 is 33.3 Å². The number of aryl methyl sites for hydroxylation is 1. The Morgan fingerprint density at radius 2 is 1.93 bits per heavy atom. The van der Waals surface area contributed by atoms with Gasteiger partial charge >= 0.3 is 0 Å². The van der Waals surface area contributed by atoms with Gasteiger partial charge in [0.2, 0.25) is 0 Å². The van der Waals surface area contributed by atoms with Crippen LogP contribution in [-0.2, 0) is 7.05 Å². The van der Waals surface area contributed by atoms with Gasteiger partial charge in [-0.2, -0.15) is 16.4 Å². The maximum Gasteiger partial charge on any atom is 0.181 e. The normalized spacial score (nSPS) is 11.7. The number of aromatic amines is 2. The summed E-state index contributed by atoms with van der Waals surface area (Å²) in [5.41, 5.74) is 7.71. The van der Waals surface area contributed by atoms with E-state index in [4.69, 9.17) is 0 Å². The topological polar surface area (TPSA) is 88.1 Å². The van der Waals surface area contributed by atoms with Crippen LogP contribution in [0.5, 0.6) is 0 Å². The number of rotatable bonds is 3. The molecule has 6 aromatic rings. The fraction of sp³-hybridized carbons (Fsp3) is 0.0909. The maximum atomic E-state index is 4.61. The highest BCUT2D eigenvalue weighted by Gasteiger charge is 2.16. The van der Waals surface area contributed by atoms with Crippen LogP contribution >= 0.6 is 11.3 Å². The number of aromatic nitrogens is 7. The predicted octanol–water partition coefficient (Wildman–Crippen LogP) is 4.94. The molecule has 0 atom stereocenters. The van der Waals surface area contributed by atoms with Crippen LogP contribution in [0.3, 0.4) is 0 Å². The first-order chi connectivity index (χ1) is 14.7. The van der Waals surface area contributed by atoms with Gasteiger partial charge in [-0.05, 0) is 36.6 Å². The number of hydrogen-bond donors (Lipinski definition) is 2. The first kappa shape index (κ1) is 17.1. The maximum absolute atomic E-state index is 4.61. The fourth-order valence-corrected chi connectivity index (χ4v) is 4.47. The van der Waals surface area contributed by atoms with Crippen molar-refractivity contribution < 1.29 is 0 Å². The Morgan fingerprint density at radius 3 is 2.73 bits per heavy atom. The van der Waals surface area contributed by atoms with Crippen molar-refractivity contribution in [1.29, 1.82) is 0 Å². The quantitative estimate of drug-likeness (QED) is 0.432. The van der Waals surface area contributed by atoms with E-state index >= 15 is 0 Å². The highest BCUT2D eigenvalue weighted by Crippen LogP contribution is 2.34. The Hall–Kier alpha value is -3.78. The Balaban J connectivity index is 1.53. The van der Waals surface area contributed by atoms with Crippen molar-refractivity contribution in [3.05, 3.63) is 59.4 Å². The van der Waals surface area contributed by atoms with Gasteiger partial charge in [-0.25, -0.2) is 9.97 Å². The summed E-state index contributed by atoms with van der Waals surface area (Å²) >= 11 is 1.67. The van der Waals surface area contributed by atoms with Crippen LogP contribution in [0, 0.1) is 6.92 Å². The second-order valence-corrected chi connectivity index (χ2v) is 8.04. The lowest BCUT2D eigenvalue weighted by Crippen LogP contribution is -1.94. The van der Waals surface area contributed by atoms with Crippen molar-refractivity contribution in [2.75, 3.05) is 0 Å². The lowest BCUT2D eigenvalue weighted by Gasteiger charge is -2.04. The fourth-order valence-electron chi connectivity index (χ4n) is 3.83. The number of imidazole rings is 1. The zero-order valence-electron chi connectivity index (χ0n) is 16.3. The largest absolute Gasteiger partial charge is 0.353 e. The SMILES string of the molecule is Cc1ncc(-c2cnc3n[nH]c(-c4cc5c(-c6ccsc6)nccc5[nH]4)c3c2)n1C. The molecule has 0 saturated carbocycles. The summed E-state index contributed by atoms with van der Waals surface area (Å²) in [6.45, 7) is 1.99. The molecule has 6 rings (SSSR count). The minimum Gasteiger partial charge on any atom is -0.353 e. The third-order valence-electron chi connectivity index (χ3n) is 5.54. The van der Waals surface area contributed by atoms with Gasteiger partial charge < -0.3 is 9.55 Å². The number of H-pyrrole nitrogens is 2. The second-order valence-electron chi connectivity index (χ2n) is 7.26. The highest BCUT2D eigenvalue weighted by atomic mass is 32.1. The van der Waals surface area contributed by atoms with Crippen molar-refractivity contribution in [2.24, 2.45) is 7.05 Å². The molecule has 0 unspecified atom stereocenters. The first-order valence-corrected chi connectivity index (χ1v) is 10.5. The van der Waals surface area contributed by atoms with Crippen LogP contribution in [0.2, 0.25) is 0 Å². The molecule has 6 aromatic heterocycles. The summed E-state index contributed by atoms with van der Waals surface area (Å²) < 4.78 is 2.06. The third-order valence-corrected chi connectivity index (χ3v) is 6.22. The van der Waals surface area contributed by atoms with Crippen molar-refractivity contribution in [2.45, 2.75) is 6.92 Å². The molecule has 0 aliphatic heterocycles. The van der Waals surface area contributed by atoms with E-state index in [-0.39, 0.29) is 0 Å². The number of pyridine rings is 2. The molecule has 0 aromatic carbocycles. The number of fused-ring (bicyclic) bond motifs is 2. The monoisotopic (exact) mass is 411 g/mol. The lowest BCUT2D eigenvalue weighted by molar-refractivity contribution is 0.865. The van der Waals surface area contributed by atoms with Gasteiger partial charge in [0, 0.05) is 52.2 Å². The van der Waals surface area contributed by atoms with E-state index in [0.29, 0.717) is 5.65 Å². The summed E-state index contributed by atoms with van der Waals surface area (Å²) in [5.74, 6) is 0.960. The zero-order chi connectivity index (χ0) is 20.2. The van der Waals surface area contributed by atoms with Crippen molar-refractivity contribution in [3.8, 4) is 33.9 Å². The van der Waals surface area contributed by atoms with Crippen molar-refractivity contribution in [3.63, 3.8) is 0 Å². The number of nitrogens with zero attached hydrogens (tertiary/aromatic N) is 5. The van der Waals surface area contributed by atoms with Crippen LogP contribution in [0.25, 0.3) is 55.8 Å². The van der Waals surface area contributed by atoms with E-state index in [1.165, 1.54) is 0 Å².